The van der Waals surface area contributed by atoms with Crippen LogP contribution in [0.25, 0.3) is 0 Å². The second-order valence-corrected chi connectivity index (χ2v) is 6.05. The van der Waals surface area contributed by atoms with Crippen molar-refractivity contribution >= 4 is 21.8 Å². The lowest BCUT2D eigenvalue weighted by Gasteiger charge is -2.34. The summed E-state index contributed by atoms with van der Waals surface area (Å²) in [6.07, 6.45) is 1.95. The molecule has 1 saturated heterocycles. The number of halogens is 2. The molecule has 1 aliphatic rings. The van der Waals surface area contributed by atoms with E-state index in [1.165, 1.54) is 12.1 Å². The van der Waals surface area contributed by atoms with Gasteiger partial charge >= 0.3 is 0 Å². The second kappa shape index (κ2) is 6.01. The molecule has 0 aliphatic carbocycles. The zero-order valence-electron chi connectivity index (χ0n) is 10.9. The molecule has 19 heavy (non-hydrogen) atoms. The van der Waals surface area contributed by atoms with Gasteiger partial charge in [0, 0.05) is 23.6 Å². The number of amides is 1. The summed E-state index contributed by atoms with van der Waals surface area (Å²) in [7, 11) is 0. The number of rotatable bonds is 2. The van der Waals surface area contributed by atoms with Crippen LogP contribution in [-0.4, -0.2) is 29.9 Å². The maximum atomic E-state index is 13.7. The Labute approximate surface area is 121 Å². The van der Waals surface area contributed by atoms with E-state index in [1.54, 1.807) is 11.0 Å². The SMILES string of the molecule is C[C@@H](N)[C@H]1CCCN(C(=O)c2cc(Br)ccc2F)C1. The van der Waals surface area contributed by atoms with E-state index >= 15 is 0 Å². The van der Waals surface area contributed by atoms with E-state index in [-0.39, 0.29) is 17.5 Å². The van der Waals surface area contributed by atoms with Gasteiger partial charge in [-0.3, -0.25) is 4.79 Å². The number of carbonyl (C=O) groups is 1. The van der Waals surface area contributed by atoms with Crippen LogP contribution in [-0.2, 0) is 0 Å². The Kier molecular flexibility index (Phi) is 4.58. The first-order chi connectivity index (χ1) is 8.99. The highest BCUT2D eigenvalue weighted by Crippen LogP contribution is 2.23. The first-order valence-electron chi connectivity index (χ1n) is 6.49. The van der Waals surface area contributed by atoms with Crippen molar-refractivity contribution in [2.24, 2.45) is 11.7 Å². The van der Waals surface area contributed by atoms with Crippen molar-refractivity contribution in [3.63, 3.8) is 0 Å². The van der Waals surface area contributed by atoms with Gasteiger partial charge < -0.3 is 10.6 Å². The van der Waals surface area contributed by atoms with Gasteiger partial charge in [-0.05, 0) is 43.9 Å². The van der Waals surface area contributed by atoms with E-state index in [2.05, 4.69) is 15.9 Å². The number of nitrogens with zero attached hydrogens (tertiary/aromatic N) is 1. The van der Waals surface area contributed by atoms with Gasteiger partial charge in [0.05, 0.1) is 5.56 Å². The van der Waals surface area contributed by atoms with E-state index in [4.69, 9.17) is 5.73 Å². The molecule has 2 N–H and O–H groups in total. The molecule has 0 bridgehead atoms. The number of carbonyl (C=O) groups excluding carboxylic acids is 1. The predicted molar refractivity (Wildman–Crippen MR) is 76.4 cm³/mol. The monoisotopic (exact) mass is 328 g/mol. The van der Waals surface area contributed by atoms with Crippen molar-refractivity contribution < 1.29 is 9.18 Å². The average Bonchev–Trinajstić information content (AvgIpc) is 2.41. The van der Waals surface area contributed by atoms with Crippen LogP contribution in [0, 0.1) is 11.7 Å². The molecular weight excluding hydrogens is 311 g/mol. The molecule has 0 unspecified atom stereocenters. The molecule has 1 heterocycles. The molecule has 0 radical (unpaired) electrons. The smallest absolute Gasteiger partial charge is 0.256 e. The largest absolute Gasteiger partial charge is 0.338 e. The van der Waals surface area contributed by atoms with Crippen LogP contribution in [0.2, 0.25) is 0 Å². The molecule has 5 heteroatoms. The Balaban J connectivity index is 2.17. The number of benzene rings is 1. The van der Waals surface area contributed by atoms with Gasteiger partial charge in [0.15, 0.2) is 0 Å². The third-order valence-electron chi connectivity index (χ3n) is 3.65. The molecule has 1 aromatic carbocycles. The molecular formula is C14H18BrFN2O. The van der Waals surface area contributed by atoms with Crippen LogP contribution >= 0.6 is 15.9 Å². The van der Waals surface area contributed by atoms with Gasteiger partial charge in [-0.15, -0.1) is 0 Å². The number of hydrogen-bond acceptors (Lipinski definition) is 2. The third kappa shape index (κ3) is 3.34. The maximum absolute atomic E-state index is 13.7. The lowest BCUT2D eigenvalue weighted by Crippen LogP contribution is -2.45. The minimum Gasteiger partial charge on any atom is -0.338 e. The maximum Gasteiger partial charge on any atom is 0.256 e. The summed E-state index contributed by atoms with van der Waals surface area (Å²) in [5.74, 6) is -0.423. The van der Waals surface area contributed by atoms with Gasteiger partial charge in [0.2, 0.25) is 0 Å². The number of hydrogen-bond donors (Lipinski definition) is 1. The zero-order valence-corrected chi connectivity index (χ0v) is 12.5. The number of likely N-dealkylation sites (tertiary alicyclic amines) is 1. The van der Waals surface area contributed by atoms with E-state index in [9.17, 15) is 9.18 Å². The summed E-state index contributed by atoms with van der Waals surface area (Å²) in [6.45, 7) is 3.24. The molecule has 0 spiro atoms. The minimum atomic E-state index is -0.476. The zero-order chi connectivity index (χ0) is 14.0. The fourth-order valence-corrected chi connectivity index (χ4v) is 2.82. The lowest BCUT2D eigenvalue weighted by atomic mass is 9.92. The van der Waals surface area contributed by atoms with Crippen molar-refractivity contribution in [2.75, 3.05) is 13.1 Å². The molecule has 2 atom stereocenters. The molecule has 1 amide bonds. The lowest BCUT2D eigenvalue weighted by molar-refractivity contribution is 0.0656. The van der Waals surface area contributed by atoms with Gasteiger partial charge in [0.1, 0.15) is 5.82 Å². The van der Waals surface area contributed by atoms with Crippen LogP contribution in [0.15, 0.2) is 22.7 Å². The highest BCUT2D eigenvalue weighted by atomic mass is 79.9. The molecule has 1 aromatic rings. The van der Waals surface area contributed by atoms with Crippen LogP contribution < -0.4 is 5.73 Å². The van der Waals surface area contributed by atoms with E-state index in [1.807, 2.05) is 6.92 Å². The number of piperidine rings is 1. The molecule has 104 valence electrons. The molecule has 1 aliphatic heterocycles. The summed E-state index contributed by atoms with van der Waals surface area (Å²) >= 11 is 3.27. The Morgan fingerprint density at radius 1 is 1.58 bits per heavy atom. The first-order valence-corrected chi connectivity index (χ1v) is 7.28. The predicted octanol–water partition coefficient (Wildman–Crippen LogP) is 2.79. The Bertz CT molecular complexity index is 479. The molecule has 2 rings (SSSR count). The summed E-state index contributed by atoms with van der Waals surface area (Å²) in [4.78, 5) is 14.1. The summed E-state index contributed by atoms with van der Waals surface area (Å²) in [5.41, 5.74) is 6.03. The fourth-order valence-electron chi connectivity index (χ4n) is 2.46. The highest BCUT2D eigenvalue weighted by molar-refractivity contribution is 9.10. The van der Waals surface area contributed by atoms with Crippen LogP contribution in [0.3, 0.4) is 0 Å². The second-order valence-electron chi connectivity index (χ2n) is 5.14. The van der Waals surface area contributed by atoms with E-state index in [0.29, 0.717) is 23.5 Å². The van der Waals surface area contributed by atoms with Crippen LogP contribution in [0.5, 0.6) is 0 Å². The standard InChI is InChI=1S/C14H18BrFN2O/c1-9(17)10-3-2-6-18(8-10)14(19)12-7-11(15)4-5-13(12)16/h4-5,7,9-10H,2-3,6,8,17H2,1H3/t9-,10+/m1/s1. The van der Waals surface area contributed by atoms with Gasteiger partial charge in [0.25, 0.3) is 5.91 Å². The third-order valence-corrected chi connectivity index (χ3v) is 4.14. The van der Waals surface area contributed by atoms with Gasteiger partial charge in [-0.2, -0.15) is 0 Å². The van der Waals surface area contributed by atoms with Gasteiger partial charge in [-0.25, -0.2) is 4.39 Å². The normalized spacial score (nSPS) is 21.3. The van der Waals surface area contributed by atoms with E-state index in [0.717, 1.165) is 12.8 Å². The Morgan fingerprint density at radius 2 is 2.32 bits per heavy atom. The van der Waals surface area contributed by atoms with Gasteiger partial charge in [-0.1, -0.05) is 15.9 Å². The fraction of sp³-hybridized carbons (Fsp3) is 0.500. The molecule has 1 fully saturated rings. The summed E-state index contributed by atoms with van der Waals surface area (Å²) in [6, 6.07) is 4.49. The minimum absolute atomic E-state index is 0.0583. The summed E-state index contributed by atoms with van der Waals surface area (Å²) in [5, 5.41) is 0. The molecule has 3 nitrogen and oxygen atoms in total. The van der Waals surface area contributed by atoms with Crippen LogP contribution in [0.1, 0.15) is 30.1 Å². The Morgan fingerprint density at radius 3 is 3.00 bits per heavy atom. The van der Waals surface area contributed by atoms with Crippen molar-refractivity contribution in [1.29, 1.82) is 0 Å². The average molecular weight is 329 g/mol. The quantitative estimate of drug-likeness (QED) is 0.907. The Hall–Kier alpha value is -0.940. The van der Waals surface area contributed by atoms with E-state index < -0.39 is 5.82 Å². The first kappa shape index (κ1) is 14.5. The van der Waals surface area contributed by atoms with Crippen molar-refractivity contribution in [2.45, 2.75) is 25.8 Å². The van der Waals surface area contributed by atoms with Crippen LogP contribution in [0.4, 0.5) is 4.39 Å². The van der Waals surface area contributed by atoms with Crippen molar-refractivity contribution in [3.05, 3.63) is 34.1 Å². The topological polar surface area (TPSA) is 46.3 Å². The number of nitrogens with two attached hydrogens (primary N) is 1. The highest BCUT2D eigenvalue weighted by Gasteiger charge is 2.27. The summed E-state index contributed by atoms with van der Waals surface area (Å²) < 4.78 is 14.4. The van der Waals surface area contributed by atoms with Crippen molar-refractivity contribution in [3.8, 4) is 0 Å². The van der Waals surface area contributed by atoms with Crippen molar-refractivity contribution in [1.82, 2.24) is 4.90 Å². The molecule has 0 aromatic heterocycles. The molecule has 0 saturated carbocycles.